The Morgan fingerprint density at radius 1 is 0.906 bits per heavy atom. The molecule has 0 atom stereocenters. The molecule has 1 N–H and O–H groups in total. The van der Waals surface area contributed by atoms with Crippen LogP contribution in [0.25, 0.3) is 22.1 Å². The van der Waals surface area contributed by atoms with E-state index >= 15 is 0 Å². The van der Waals surface area contributed by atoms with Crippen LogP contribution in [0.5, 0.6) is 0 Å². The first-order chi connectivity index (χ1) is 15.7. The summed E-state index contributed by atoms with van der Waals surface area (Å²) in [6, 6.07) is 17.1. The van der Waals surface area contributed by atoms with Gasteiger partial charge in [-0.1, -0.05) is 54.2 Å². The quantitative estimate of drug-likeness (QED) is 0.318. The number of thioether (sulfide) groups is 1. The van der Waals surface area contributed by atoms with E-state index in [1.165, 1.54) is 24.2 Å². The van der Waals surface area contributed by atoms with Crippen LogP contribution in [0, 0.1) is 0 Å². The zero-order chi connectivity index (χ0) is 21.9. The molecule has 5 rings (SSSR count). The summed E-state index contributed by atoms with van der Waals surface area (Å²) in [6.45, 7) is 0.451. The second-order valence-electron chi connectivity index (χ2n) is 7.13. The lowest BCUT2D eigenvalue weighted by atomic mass is 10.1. The van der Waals surface area contributed by atoms with Crippen molar-refractivity contribution in [2.24, 2.45) is 0 Å². The van der Waals surface area contributed by atoms with E-state index in [2.05, 4.69) is 24.9 Å². The number of hydrogen-bond donors (Lipinski definition) is 1. The van der Waals surface area contributed by atoms with Gasteiger partial charge in [0.15, 0.2) is 16.3 Å². The van der Waals surface area contributed by atoms with Gasteiger partial charge in [0, 0.05) is 18.9 Å². The topological polar surface area (TPSA) is 106 Å². The van der Waals surface area contributed by atoms with Gasteiger partial charge in [-0.15, -0.1) is 0 Å². The van der Waals surface area contributed by atoms with Gasteiger partial charge >= 0.3 is 0 Å². The van der Waals surface area contributed by atoms with Crippen molar-refractivity contribution < 1.29 is 0 Å². The second-order valence-corrected chi connectivity index (χ2v) is 8.08. The lowest BCUT2D eigenvalue weighted by molar-refractivity contribution is 0.592. The van der Waals surface area contributed by atoms with Crippen molar-refractivity contribution in [3.63, 3.8) is 0 Å². The molecule has 0 aliphatic carbocycles. The average Bonchev–Trinajstić information content (AvgIpc) is 2.83. The summed E-state index contributed by atoms with van der Waals surface area (Å²) >= 11 is 1.33. The van der Waals surface area contributed by atoms with Crippen LogP contribution in [0.3, 0.4) is 0 Å². The Morgan fingerprint density at radius 2 is 1.69 bits per heavy atom. The van der Waals surface area contributed by atoms with Crippen molar-refractivity contribution >= 4 is 33.8 Å². The van der Waals surface area contributed by atoms with E-state index in [1.807, 2.05) is 36.4 Å². The van der Waals surface area contributed by atoms with Crippen LogP contribution in [0.2, 0.25) is 0 Å². The molecule has 0 aliphatic rings. The molecule has 9 heteroatoms. The van der Waals surface area contributed by atoms with Gasteiger partial charge in [-0.2, -0.15) is 0 Å². The molecule has 32 heavy (non-hydrogen) atoms. The van der Waals surface area contributed by atoms with Crippen LogP contribution in [-0.2, 0) is 18.7 Å². The molecule has 5 aromatic rings. The maximum atomic E-state index is 13.1. The monoisotopic (exact) mass is 442 g/mol. The van der Waals surface area contributed by atoms with Crippen LogP contribution in [0.1, 0.15) is 11.4 Å². The molecule has 3 heterocycles. The molecular weight excluding hydrogens is 424 g/mol. The van der Waals surface area contributed by atoms with E-state index < -0.39 is 0 Å². The van der Waals surface area contributed by atoms with Crippen LogP contribution < -0.4 is 11.1 Å². The summed E-state index contributed by atoms with van der Waals surface area (Å²) in [7, 11) is 0. The van der Waals surface area contributed by atoms with Gasteiger partial charge in [0.1, 0.15) is 5.82 Å². The number of hydrogen-bond acceptors (Lipinski definition) is 7. The highest BCUT2D eigenvalue weighted by Gasteiger charge is 2.14. The lowest BCUT2D eigenvalue weighted by Gasteiger charge is -2.12. The Labute approximate surface area is 186 Å². The highest BCUT2D eigenvalue weighted by atomic mass is 32.2. The molecule has 0 saturated carbocycles. The summed E-state index contributed by atoms with van der Waals surface area (Å²) in [5, 5.41) is 1.05. The molecule has 0 spiro atoms. The highest BCUT2D eigenvalue weighted by molar-refractivity contribution is 7.98. The summed E-state index contributed by atoms with van der Waals surface area (Å²) in [4.78, 5) is 45.8. The molecule has 0 amide bonds. The number of H-pyrrole nitrogens is 1. The Bertz CT molecular complexity index is 1530. The molecule has 0 saturated heterocycles. The van der Waals surface area contributed by atoms with Gasteiger partial charge in [-0.3, -0.25) is 14.2 Å². The highest BCUT2D eigenvalue weighted by Crippen LogP contribution is 2.20. The first-order valence-electron chi connectivity index (χ1n) is 10.1. The summed E-state index contributed by atoms with van der Waals surface area (Å²) in [5.74, 6) is 0.866. The number of nitrogens with zero attached hydrogens (tertiary/aromatic N) is 5. The third-order valence-electron chi connectivity index (χ3n) is 5.03. The van der Waals surface area contributed by atoms with E-state index in [0.29, 0.717) is 46.2 Å². The maximum absolute atomic E-state index is 13.1. The smallest absolute Gasteiger partial charge is 0.282 e. The Kier molecular flexibility index (Phi) is 5.47. The molecule has 0 unspecified atom stereocenters. The van der Waals surface area contributed by atoms with Crippen molar-refractivity contribution in [1.29, 1.82) is 0 Å². The van der Waals surface area contributed by atoms with Crippen molar-refractivity contribution in [3.8, 4) is 0 Å². The molecule has 0 bridgehead atoms. The van der Waals surface area contributed by atoms with Crippen LogP contribution in [0.15, 0.2) is 81.7 Å². The molecule has 3 aromatic heterocycles. The van der Waals surface area contributed by atoms with Gasteiger partial charge in [0.05, 0.1) is 16.7 Å². The lowest BCUT2D eigenvalue weighted by Crippen LogP contribution is -2.25. The Balaban J connectivity index is 1.49. The fraction of sp³-hybridized carbons (Fsp3) is 0.130. The first-order valence-corrected chi connectivity index (χ1v) is 11.0. The predicted molar refractivity (Wildman–Crippen MR) is 124 cm³/mol. The first kappa shape index (κ1) is 20.1. The summed E-state index contributed by atoms with van der Waals surface area (Å²) in [6.07, 6.45) is 3.68. The number of rotatable bonds is 6. The normalized spacial score (nSPS) is 11.2. The number of fused-ring (bicyclic) bond motifs is 2. The van der Waals surface area contributed by atoms with Crippen LogP contribution >= 0.6 is 11.8 Å². The van der Waals surface area contributed by atoms with Crippen molar-refractivity contribution in [2.45, 2.75) is 23.9 Å². The van der Waals surface area contributed by atoms with Crippen molar-refractivity contribution in [1.82, 2.24) is 29.5 Å². The largest absolute Gasteiger partial charge is 0.309 e. The Morgan fingerprint density at radius 3 is 2.56 bits per heavy atom. The molecule has 158 valence electrons. The Hall–Kier alpha value is -3.85. The van der Waals surface area contributed by atoms with E-state index in [1.54, 1.807) is 22.8 Å². The van der Waals surface area contributed by atoms with Crippen molar-refractivity contribution in [2.75, 3.05) is 0 Å². The molecule has 0 aliphatic heterocycles. The van der Waals surface area contributed by atoms with E-state index in [0.717, 1.165) is 5.56 Å². The van der Waals surface area contributed by atoms with Crippen molar-refractivity contribution in [3.05, 3.63) is 99.1 Å². The van der Waals surface area contributed by atoms with Gasteiger partial charge in [0.2, 0.25) is 0 Å². The number of para-hydroxylation sites is 1. The minimum absolute atomic E-state index is 0.190. The van der Waals surface area contributed by atoms with E-state index in [4.69, 9.17) is 0 Å². The minimum atomic E-state index is -0.235. The van der Waals surface area contributed by atoms with Gasteiger partial charge in [-0.25, -0.2) is 19.9 Å². The fourth-order valence-corrected chi connectivity index (χ4v) is 4.34. The maximum Gasteiger partial charge on any atom is 0.282 e. The molecule has 2 aromatic carbocycles. The van der Waals surface area contributed by atoms with Gasteiger partial charge in [-0.05, 0) is 24.1 Å². The van der Waals surface area contributed by atoms with E-state index in [9.17, 15) is 9.59 Å². The van der Waals surface area contributed by atoms with Gasteiger partial charge < -0.3 is 4.98 Å². The molecule has 0 radical (unpaired) electrons. The fourth-order valence-electron chi connectivity index (χ4n) is 3.46. The third kappa shape index (κ3) is 4.02. The second kappa shape index (κ2) is 8.72. The third-order valence-corrected chi connectivity index (χ3v) is 6.01. The standard InChI is InChI=1S/C23H18N6O2S/c30-21-16-8-4-5-9-17(16)26-18(27-21)14-32-23-28-20-19(24-11-12-25-20)22(31)29(23)13-10-15-6-2-1-3-7-15/h1-9,11-12H,10,13-14H2,(H,26,27,30). The average molecular weight is 443 g/mol. The zero-order valence-corrected chi connectivity index (χ0v) is 17.7. The molecule has 0 fully saturated rings. The molecule has 8 nitrogen and oxygen atoms in total. The SMILES string of the molecule is O=c1[nH]c(CSc2nc3nccnc3c(=O)n2CCc2ccccc2)nc2ccccc12. The minimum Gasteiger partial charge on any atom is -0.309 e. The predicted octanol–water partition coefficient (Wildman–Crippen LogP) is 2.96. The number of aryl methyl sites for hydroxylation is 1. The summed E-state index contributed by atoms with van der Waals surface area (Å²) < 4.78 is 1.62. The van der Waals surface area contributed by atoms with Crippen LogP contribution in [-0.4, -0.2) is 29.5 Å². The van der Waals surface area contributed by atoms with Crippen LogP contribution in [0.4, 0.5) is 0 Å². The van der Waals surface area contributed by atoms with E-state index in [-0.39, 0.29) is 16.6 Å². The number of benzene rings is 2. The zero-order valence-electron chi connectivity index (χ0n) is 16.9. The number of aromatic nitrogens is 6. The van der Waals surface area contributed by atoms with Gasteiger partial charge in [0.25, 0.3) is 11.1 Å². The number of nitrogens with one attached hydrogen (secondary N) is 1. The number of aromatic amines is 1. The molecular formula is C23H18N6O2S. The summed E-state index contributed by atoms with van der Waals surface area (Å²) in [5.41, 5.74) is 1.87.